The van der Waals surface area contributed by atoms with E-state index < -0.39 is 25.2 Å². The minimum Gasteiger partial charge on any atom is -0.322 e. The second kappa shape index (κ2) is 5.58. The molecule has 11 heteroatoms. The van der Waals surface area contributed by atoms with Crippen molar-refractivity contribution in [2.24, 2.45) is 0 Å². The lowest BCUT2D eigenvalue weighted by molar-refractivity contribution is 0.122. The molecule has 0 saturated heterocycles. The number of nitrogens with zero attached hydrogens (tertiary/aromatic N) is 6. The number of anilines is 2. The summed E-state index contributed by atoms with van der Waals surface area (Å²) in [6, 6.07) is 4.41. The minimum absolute atomic E-state index is 0.170. The van der Waals surface area contributed by atoms with E-state index in [9.17, 15) is 17.6 Å². The maximum Gasteiger partial charge on any atom is 0.299 e. The van der Waals surface area contributed by atoms with Crippen LogP contribution in [0.15, 0.2) is 24.4 Å². The Hall–Kier alpha value is -2.72. The molecule has 0 unspecified atom stereocenters. The van der Waals surface area contributed by atoms with Crippen LogP contribution in [0.25, 0.3) is 5.65 Å². The van der Waals surface area contributed by atoms with Crippen molar-refractivity contribution in [2.45, 2.75) is 19.4 Å². The van der Waals surface area contributed by atoms with Gasteiger partial charge in [-0.05, 0) is 12.1 Å². The van der Waals surface area contributed by atoms with Gasteiger partial charge in [-0.2, -0.15) is 9.61 Å². The van der Waals surface area contributed by atoms with Crippen LogP contribution < -0.4 is 5.32 Å². The number of nitrogens with one attached hydrogen (secondary N) is 1. The van der Waals surface area contributed by atoms with Crippen LogP contribution in [0, 0.1) is 0 Å². The van der Waals surface area contributed by atoms with Gasteiger partial charge >= 0.3 is 0 Å². The van der Waals surface area contributed by atoms with E-state index in [0.717, 1.165) is 9.20 Å². The van der Waals surface area contributed by atoms with Gasteiger partial charge in [0.05, 0.1) is 0 Å². The van der Waals surface area contributed by atoms with Crippen LogP contribution in [-0.2, 0) is 6.54 Å². The van der Waals surface area contributed by atoms with Crippen molar-refractivity contribution < 1.29 is 17.6 Å². The van der Waals surface area contributed by atoms with E-state index in [-0.39, 0.29) is 17.3 Å². The monoisotopic (exact) mass is 315 g/mol. The first-order valence-electron chi connectivity index (χ1n) is 6.12. The number of halogens is 4. The van der Waals surface area contributed by atoms with Crippen molar-refractivity contribution >= 4 is 17.3 Å². The molecule has 0 fully saturated rings. The Morgan fingerprint density at radius 3 is 2.50 bits per heavy atom. The van der Waals surface area contributed by atoms with E-state index in [0.29, 0.717) is 0 Å². The van der Waals surface area contributed by atoms with Crippen molar-refractivity contribution in [2.75, 3.05) is 5.32 Å². The average molecular weight is 315 g/mol. The van der Waals surface area contributed by atoms with Gasteiger partial charge < -0.3 is 5.32 Å². The molecule has 22 heavy (non-hydrogen) atoms. The standard InChI is InChI=1S/C11H9F4N7/c12-6(13)5-21-4-3-8(19-21)16-7-1-2-9-17-18-11(10(14)15)22(9)20-7/h1-4,6,10H,5H2,(H,16,19,20). The SMILES string of the molecule is FC(F)Cn1ccc(Nc2ccc3nnc(C(F)F)n3n2)n1. The molecular weight excluding hydrogens is 306 g/mol. The second-order valence-electron chi connectivity index (χ2n) is 4.29. The molecule has 7 nitrogen and oxygen atoms in total. The summed E-state index contributed by atoms with van der Waals surface area (Å²) in [6.07, 6.45) is -3.97. The van der Waals surface area contributed by atoms with Gasteiger partial charge in [-0.15, -0.1) is 15.3 Å². The van der Waals surface area contributed by atoms with Crippen molar-refractivity contribution in [3.05, 3.63) is 30.2 Å². The van der Waals surface area contributed by atoms with Crippen molar-refractivity contribution in [1.29, 1.82) is 0 Å². The lowest BCUT2D eigenvalue weighted by atomic mass is 10.5. The summed E-state index contributed by atoms with van der Waals surface area (Å²) in [7, 11) is 0. The third-order valence-electron chi connectivity index (χ3n) is 2.70. The highest BCUT2D eigenvalue weighted by Crippen LogP contribution is 2.18. The third kappa shape index (κ3) is 2.82. The molecule has 0 atom stereocenters. The lowest BCUT2D eigenvalue weighted by Gasteiger charge is -2.03. The third-order valence-corrected chi connectivity index (χ3v) is 2.70. The molecule has 0 aliphatic heterocycles. The topological polar surface area (TPSA) is 72.9 Å². The van der Waals surface area contributed by atoms with Gasteiger partial charge in [-0.1, -0.05) is 0 Å². The molecule has 3 aromatic rings. The van der Waals surface area contributed by atoms with Crippen LogP contribution in [0.1, 0.15) is 12.2 Å². The highest BCUT2D eigenvalue weighted by molar-refractivity contribution is 5.53. The minimum atomic E-state index is -2.82. The number of hydrogen-bond acceptors (Lipinski definition) is 5. The summed E-state index contributed by atoms with van der Waals surface area (Å²) in [5.74, 6) is -0.113. The molecule has 0 aliphatic carbocycles. The quantitative estimate of drug-likeness (QED) is 0.731. The number of aromatic nitrogens is 6. The summed E-state index contributed by atoms with van der Waals surface area (Å²) in [5.41, 5.74) is 0.170. The molecule has 3 heterocycles. The Bertz CT molecular complexity index is 782. The van der Waals surface area contributed by atoms with Gasteiger partial charge in [0, 0.05) is 12.3 Å². The van der Waals surface area contributed by atoms with Crippen LogP contribution in [0.2, 0.25) is 0 Å². The van der Waals surface area contributed by atoms with Gasteiger partial charge in [-0.25, -0.2) is 17.6 Å². The zero-order chi connectivity index (χ0) is 15.7. The average Bonchev–Trinajstić information content (AvgIpc) is 3.04. The number of alkyl halides is 4. The van der Waals surface area contributed by atoms with E-state index in [4.69, 9.17) is 0 Å². The smallest absolute Gasteiger partial charge is 0.299 e. The highest BCUT2D eigenvalue weighted by Gasteiger charge is 2.17. The number of hydrogen-bond donors (Lipinski definition) is 1. The summed E-state index contributed by atoms with van der Waals surface area (Å²) in [6.45, 7) is -0.533. The van der Waals surface area contributed by atoms with Crippen LogP contribution >= 0.6 is 0 Å². The normalized spacial score (nSPS) is 11.7. The summed E-state index contributed by atoms with van der Waals surface area (Å²) in [5, 5.41) is 17.4. The van der Waals surface area contributed by atoms with Crippen molar-refractivity contribution in [3.63, 3.8) is 0 Å². The Labute approximate surface area is 120 Å². The first kappa shape index (κ1) is 14.2. The molecule has 0 aliphatic rings. The molecule has 0 saturated carbocycles. The van der Waals surface area contributed by atoms with E-state index in [1.54, 1.807) is 0 Å². The van der Waals surface area contributed by atoms with Gasteiger partial charge in [0.2, 0.25) is 5.82 Å². The largest absolute Gasteiger partial charge is 0.322 e. The second-order valence-corrected chi connectivity index (χ2v) is 4.29. The molecule has 0 amide bonds. The molecule has 116 valence electrons. The molecule has 3 aromatic heterocycles. The highest BCUT2D eigenvalue weighted by atomic mass is 19.3. The maximum atomic E-state index is 12.7. The Morgan fingerprint density at radius 2 is 1.77 bits per heavy atom. The Balaban J connectivity index is 1.84. The van der Waals surface area contributed by atoms with Gasteiger partial charge in [0.1, 0.15) is 6.54 Å². The number of rotatable bonds is 5. The van der Waals surface area contributed by atoms with Crippen molar-refractivity contribution in [3.8, 4) is 0 Å². The molecule has 1 N–H and O–H groups in total. The van der Waals surface area contributed by atoms with Crippen LogP contribution in [0.4, 0.5) is 29.2 Å². The lowest BCUT2D eigenvalue weighted by Crippen LogP contribution is -2.07. The zero-order valence-electron chi connectivity index (χ0n) is 10.9. The van der Waals surface area contributed by atoms with E-state index in [1.165, 1.54) is 24.4 Å². The Kier molecular flexibility index (Phi) is 3.61. The molecule has 0 radical (unpaired) electrons. The molecule has 0 spiro atoms. The summed E-state index contributed by atoms with van der Waals surface area (Å²) >= 11 is 0. The fourth-order valence-electron chi connectivity index (χ4n) is 1.81. The van der Waals surface area contributed by atoms with Gasteiger partial charge in [0.15, 0.2) is 17.3 Å². The predicted molar refractivity (Wildman–Crippen MR) is 67.3 cm³/mol. The summed E-state index contributed by atoms with van der Waals surface area (Å²) < 4.78 is 51.9. The zero-order valence-corrected chi connectivity index (χ0v) is 10.9. The first-order valence-corrected chi connectivity index (χ1v) is 6.12. The fourth-order valence-corrected chi connectivity index (χ4v) is 1.81. The molecule has 3 rings (SSSR count). The Morgan fingerprint density at radius 1 is 1.00 bits per heavy atom. The van der Waals surface area contributed by atoms with E-state index in [1.807, 2.05) is 0 Å². The first-order chi connectivity index (χ1) is 10.5. The molecular formula is C11H9F4N7. The van der Waals surface area contributed by atoms with Crippen LogP contribution in [-0.4, -0.2) is 36.0 Å². The number of fused-ring (bicyclic) bond motifs is 1. The molecule has 0 aromatic carbocycles. The predicted octanol–water partition coefficient (Wildman–Crippen LogP) is 2.27. The molecule has 0 bridgehead atoms. The fraction of sp³-hybridized carbons (Fsp3) is 0.273. The maximum absolute atomic E-state index is 12.7. The van der Waals surface area contributed by atoms with Gasteiger partial charge in [-0.3, -0.25) is 4.68 Å². The van der Waals surface area contributed by atoms with E-state index in [2.05, 4.69) is 25.7 Å². The van der Waals surface area contributed by atoms with Crippen LogP contribution in [0.5, 0.6) is 0 Å². The van der Waals surface area contributed by atoms with Crippen molar-refractivity contribution in [1.82, 2.24) is 29.6 Å². The van der Waals surface area contributed by atoms with Gasteiger partial charge in [0.25, 0.3) is 12.9 Å². The summed E-state index contributed by atoms with van der Waals surface area (Å²) in [4.78, 5) is 0. The van der Waals surface area contributed by atoms with Crippen LogP contribution in [0.3, 0.4) is 0 Å². The van der Waals surface area contributed by atoms with E-state index >= 15 is 0 Å².